The van der Waals surface area contributed by atoms with Crippen molar-refractivity contribution in [1.82, 2.24) is 0 Å². The maximum atomic E-state index is 3.72. The lowest BCUT2D eigenvalue weighted by Gasteiger charge is -2.05. The Labute approximate surface area is 74.5 Å². The van der Waals surface area contributed by atoms with E-state index in [-0.39, 0.29) is 0 Å². The molecule has 1 unspecified atom stereocenters. The van der Waals surface area contributed by atoms with Gasteiger partial charge in [-0.1, -0.05) is 12.5 Å². The second-order valence-electron chi connectivity index (χ2n) is 3.21. The lowest BCUT2D eigenvalue weighted by atomic mass is 10.1. The van der Waals surface area contributed by atoms with Crippen LogP contribution in [0.5, 0.6) is 0 Å². The van der Waals surface area contributed by atoms with Gasteiger partial charge in [0.2, 0.25) is 0 Å². The van der Waals surface area contributed by atoms with Crippen LogP contribution in [0.15, 0.2) is 12.7 Å². The number of allylic oxidation sites excluding steroid dienone is 1. The molecule has 0 aliphatic carbocycles. The van der Waals surface area contributed by atoms with Crippen LogP contribution in [0.25, 0.3) is 0 Å². The van der Waals surface area contributed by atoms with E-state index in [1.165, 1.54) is 44.3 Å². The van der Waals surface area contributed by atoms with E-state index in [0.29, 0.717) is 0 Å². The van der Waals surface area contributed by atoms with E-state index >= 15 is 0 Å². The highest BCUT2D eigenvalue weighted by Gasteiger charge is 2.13. The van der Waals surface area contributed by atoms with E-state index in [9.17, 15) is 0 Å². The van der Waals surface area contributed by atoms with Gasteiger partial charge in [-0.05, 0) is 37.9 Å². The Morgan fingerprint density at radius 2 is 2.36 bits per heavy atom. The van der Waals surface area contributed by atoms with E-state index in [1.54, 1.807) is 0 Å². The van der Waals surface area contributed by atoms with Crippen molar-refractivity contribution in [2.75, 3.05) is 5.75 Å². The predicted molar refractivity (Wildman–Crippen MR) is 54.1 cm³/mol. The summed E-state index contributed by atoms with van der Waals surface area (Å²) in [4.78, 5) is 0. The Hall–Kier alpha value is 0.0900. The van der Waals surface area contributed by atoms with Crippen molar-refractivity contribution in [1.29, 1.82) is 0 Å². The fraction of sp³-hybridized carbons (Fsp3) is 0.800. The van der Waals surface area contributed by atoms with Gasteiger partial charge in [-0.15, -0.1) is 6.58 Å². The molecule has 1 fully saturated rings. The summed E-state index contributed by atoms with van der Waals surface area (Å²) in [6.45, 7) is 3.72. The first kappa shape index (κ1) is 9.18. The van der Waals surface area contributed by atoms with Crippen molar-refractivity contribution in [3.8, 4) is 0 Å². The molecule has 0 saturated carbocycles. The Morgan fingerprint density at radius 1 is 1.45 bits per heavy atom. The van der Waals surface area contributed by atoms with Gasteiger partial charge in [0.15, 0.2) is 0 Å². The van der Waals surface area contributed by atoms with Gasteiger partial charge in [-0.2, -0.15) is 11.8 Å². The quantitative estimate of drug-likeness (QED) is 0.448. The van der Waals surface area contributed by atoms with Gasteiger partial charge in [-0.3, -0.25) is 0 Å². The molecule has 1 aliphatic rings. The molecular formula is C10H18S. The van der Waals surface area contributed by atoms with Crippen molar-refractivity contribution in [3.05, 3.63) is 12.7 Å². The standard InChI is InChI=1S/C10H18S/c1-2-3-4-5-7-10-8-6-9-11-10/h2,10H,1,3-9H2. The Bertz CT molecular complexity index is 103. The summed E-state index contributed by atoms with van der Waals surface area (Å²) in [5.74, 6) is 1.41. The molecule has 11 heavy (non-hydrogen) atoms. The minimum Gasteiger partial charge on any atom is -0.159 e. The average molecular weight is 170 g/mol. The van der Waals surface area contributed by atoms with Gasteiger partial charge in [-0.25, -0.2) is 0 Å². The van der Waals surface area contributed by atoms with Crippen molar-refractivity contribution >= 4 is 11.8 Å². The first-order valence-electron chi connectivity index (χ1n) is 4.66. The molecule has 1 heterocycles. The van der Waals surface area contributed by atoms with E-state index in [0.717, 1.165) is 5.25 Å². The Morgan fingerprint density at radius 3 is 3.00 bits per heavy atom. The second kappa shape index (κ2) is 5.70. The molecule has 0 bridgehead atoms. The van der Waals surface area contributed by atoms with Gasteiger partial charge in [0.1, 0.15) is 0 Å². The molecule has 1 saturated heterocycles. The molecular weight excluding hydrogens is 152 g/mol. The van der Waals surface area contributed by atoms with E-state index in [2.05, 4.69) is 18.3 Å². The molecule has 1 heteroatoms. The van der Waals surface area contributed by atoms with E-state index in [1.807, 2.05) is 6.08 Å². The first-order valence-corrected chi connectivity index (χ1v) is 5.71. The van der Waals surface area contributed by atoms with Crippen molar-refractivity contribution in [2.45, 2.75) is 43.8 Å². The molecule has 1 rings (SSSR count). The maximum Gasteiger partial charge on any atom is 0.00473 e. The highest BCUT2D eigenvalue weighted by Crippen LogP contribution is 2.29. The molecule has 0 radical (unpaired) electrons. The van der Waals surface area contributed by atoms with Crippen LogP contribution in [0.4, 0.5) is 0 Å². The van der Waals surface area contributed by atoms with Crippen molar-refractivity contribution in [2.24, 2.45) is 0 Å². The van der Waals surface area contributed by atoms with Gasteiger partial charge in [0.25, 0.3) is 0 Å². The molecule has 0 aromatic carbocycles. The third-order valence-electron chi connectivity index (χ3n) is 2.21. The summed E-state index contributed by atoms with van der Waals surface area (Å²) in [5, 5.41) is 1.000. The molecule has 0 nitrogen and oxygen atoms in total. The largest absolute Gasteiger partial charge is 0.159 e. The fourth-order valence-corrected chi connectivity index (χ4v) is 2.87. The molecule has 64 valence electrons. The molecule has 0 aromatic rings. The van der Waals surface area contributed by atoms with Crippen LogP contribution in [-0.4, -0.2) is 11.0 Å². The minimum atomic E-state index is 1.000. The number of rotatable bonds is 5. The second-order valence-corrected chi connectivity index (χ2v) is 4.62. The zero-order valence-electron chi connectivity index (χ0n) is 7.22. The zero-order chi connectivity index (χ0) is 7.94. The van der Waals surface area contributed by atoms with Gasteiger partial charge < -0.3 is 0 Å². The van der Waals surface area contributed by atoms with Crippen molar-refractivity contribution < 1.29 is 0 Å². The lowest BCUT2D eigenvalue weighted by molar-refractivity contribution is 0.643. The summed E-state index contributed by atoms with van der Waals surface area (Å²) >= 11 is 2.17. The van der Waals surface area contributed by atoms with E-state index in [4.69, 9.17) is 0 Å². The van der Waals surface area contributed by atoms with Crippen LogP contribution in [0.2, 0.25) is 0 Å². The van der Waals surface area contributed by atoms with Crippen LogP contribution in [-0.2, 0) is 0 Å². The molecule has 1 atom stereocenters. The van der Waals surface area contributed by atoms with Crippen LogP contribution < -0.4 is 0 Å². The smallest absolute Gasteiger partial charge is 0.00473 e. The monoisotopic (exact) mass is 170 g/mol. The number of hydrogen-bond acceptors (Lipinski definition) is 1. The summed E-state index contributed by atoms with van der Waals surface area (Å²) in [5.41, 5.74) is 0. The topological polar surface area (TPSA) is 0 Å². The maximum absolute atomic E-state index is 3.72. The minimum absolute atomic E-state index is 1.000. The van der Waals surface area contributed by atoms with Crippen LogP contribution in [0, 0.1) is 0 Å². The lowest BCUT2D eigenvalue weighted by Crippen LogP contribution is -1.95. The van der Waals surface area contributed by atoms with Gasteiger partial charge >= 0.3 is 0 Å². The molecule has 0 spiro atoms. The zero-order valence-corrected chi connectivity index (χ0v) is 8.04. The predicted octanol–water partition coefficient (Wildman–Crippen LogP) is 3.63. The normalized spacial score (nSPS) is 23.8. The summed E-state index contributed by atoms with van der Waals surface area (Å²) in [6, 6.07) is 0. The Balaban J connectivity index is 1.89. The van der Waals surface area contributed by atoms with E-state index < -0.39 is 0 Å². The van der Waals surface area contributed by atoms with Crippen LogP contribution in [0.1, 0.15) is 38.5 Å². The first-order chi connectivity index (χ1) is 5.43. The number of hydrogen-bond donors (Lipinski definition) is 0. The Kier molecular flexibility index (Phi) is 4.76. The molecule has 0 aromatic heterocycles. The number of unbranched alkanes of at least 4 members (excludes halogenated alkanes) is 2. The van der Waals surface area contributed by atoms with Gasteiger partial charge in [0, 0.05) is 5.25 Å². The SMILES string of the molecule is C=CCCCCC1CCCS1. The summed E-state index contributed by atoms with van der Waals surface area (Å²) in [7, 11) is 0. The fourth-order valence-electron chi connectivity index (χ4n) is 1.53. The molecule has 1 aliphatic heterocycles. The summed E-state index contributed by atoms with van der Waals surface area (Å²) < 4.78 is 0. The van der Waals surface area contributed by atoms with Crippen LogP contribution in [0.3, 0.4) is 0 Å². The van der Waals surface area contributed by atoms with Crippen molar-refractivity contribution in [3.63, 3.8) is 0 Å². The highest BCUT2D eigenvalue weighted by atomic mass is 32.2. The summed E-state index contributed by atoms with van der Waals surface area (Å²) in [6.07, 6.45) is 10.4. The van der Waals surface area contributed by atoms with Gasteiger partial charge in [0.05, 0.1) is 0 Å². The third kappa shape index (κ3) is 3.85. The number of thioether (sulfide) groups is 1. The molecule has 0 N–H and O–H groups in total. The highest BCUT2D eigenvalue weighted by molar-refractivity contribution is 8.00. The van der Waals surface area contributed by atoms with Crippen LogP contribution >= 0.6 is 11.8 Å². The molecule has 0 amide bonds. The third-order valence-corrected chi connectivity index (χ3v) is 3.68. The average Bonchev–Trinajstić information content (AvgIpc) is 2.50.